The van der Waals surface area contributed by atoms with Crippen LogP contribution in [0.1, 0.15) is 58.2 Å². The highest BCUT2D eigenvalue weighted by Gasteiger charge is 2.47. The van der Waals surface area contributed by atoms with E-state index in [1.54, 1.807) is 0 Å². The second-order valence-corrected chi connectivity index (χ2v) is 12.5. The van der Waals surface area contributed by atoms with Crippen LogP contribution in [0, 0.1) is 20.8 Å². The number of aryl methyl sites for hydroxylation is 2. The van der Waals surface area contributed by atoms with Crippen LogP contribution in [0.4, 0.5) is 0 Å². The van der Waals surface area contributed by atoms with E-state index in [4.69, 9.17) is 4.43 Å². The molecule has 2 heteroatoms. The van der Waals surface area contributed by atoms with Gasteiger partial charge in [-0.2, -0.15) is 0 Å². The highest BCUT2D eigenvalue weighted by molar-refractivity contribution is 6.78. The number of hydrogen-bond donors (Lipinski definition) is 0. The maximum Gasteiger partial charge on any atom is 0.258 e. The fourth-order valence-electron chi connectivity index (χ4n) is 3.61. The topological polar surface area (TPSA) is 9.23 Å². The summed E-state index contributed by atoms with van der Waals surface area (Å²) in [4.78, 5) is 0. The first-order valence-corrected chi connectivity index (χ1v) is 10.0. The molecule has 1 aromatic carbocycles. The van der Waals surface area contributed by atoms with Gasteiger partial charge in [-0.1, -0.05) is 41.5 Å². The largest absolute Gasteiger partial charge is 0.543 e. The fraction of sp³-hybridized carbons (Fsp3) is 0.667. The van der Waals surface area contributed by atoms with Crippen molar-refractivity contribution in [2.45, 2.75) is 78.9 Å². The molecule has 20 heavy (non-hydrogen) atoms. The highest BCUT2D eigenvalue weighted by atomic mass is 28.4. The molecule has 0 fully saturated rings. The summed E-state index contributed by atoms with van der Waals surface area (Å²) < 4.78 is 6.74. The van der Waals surface area contributed by atoms with E-state index >= 15 is 0 Å². The minimum Gasteiger partial charge on any atom is -0.543 e. The van der Waals surface area contributed by atoms with Gasteiger partial charge in [-0.05, 0) is 66.2 Å². The van der Waals surface area contributed by atoms with Gasteiger partial charge in [-0.25, -0.2) is 0 Å². The Morgan fingerprint density at radius 2 is 1.10 bits per heavy atom. The molecule has 0 N–H and O–H groups in total. The monoisotopic (exact) mass is 292 g/mol. The van der Waals surface area contributed by atoms with Crippen molar-refractivity contribution < 1.29 is 4.43 Å². The van der Waals surface area contributed by atoms with Crippen molar-refractivity contribution in [3.63, 3.8) is 0 Å². The summed E-state index contributed by atoms with van der Waals surface area (Å²) in [6.07, 6.45) is 0. The summed E-state index contributed by atoms with van der Waals surface area (Å²) in [6.45, 7) is 20.5. The second kappa shape index (κ2) is 6.34. The van der Waals surface area contributed by atoms with E-state index in [2.05, 4.69) is 74.4 Å². The second-order valence-electron chi connectivity index (χ2n) is 7.10. The quantitative estimate of drug-likeness (QED) is 0.590. The molecule has 0 unspecified atom stereocenters. The molecule has 0 bridgehead atoms. The first kappa shape index (κ1) is 17.3. The van der Waals surface area contributed by atoms with Crippen molar-refractivity contribution in [1.29, 1.82) is 0 Å². The van der Waals surface area contributed by atoms with Gasteiger partial charge in [0.1, 0.15) is 5.75 Å². The van der Waals surface area contributed by atoms with Gasteiger partial charge in [0, 0.05) is 0 Å². The number of rotatable bonds is 5. The standard InChI is InChI=1S/C18H32OSi/c1-12(2)20(13(3)4,14(5)6)19-18-10-15(7)17(9)16(8)11-18/h10-14H,1-9H3. The lowest BCUT2D eigenvalue weighted by atomic mass is 10.0. The van der Waals surface area contributed by atoms with Gasteiger partial charge in [-0.3, -0.25) is 0 Å². The van der Waals surface area contributed by atoms with E-state index in [9.17, 15) is 0 Å². The maximum absolute atomic E-state index is 6.74. The average Bonchev–Trinajstić information content (AvgIpc) is 2.31. The Kier molecular flexibility index (Phi) is 5.48. The van der Waals surface area contributed by atoms with Crippen molar-refractivity contribution in [3.8, 4) is 5.75 Å². The van der Waals surface area contributed by atoms with Gasteiger partial charge >= 0.3 is 0 Å². The summed E-state index contributed by atoms with van der Waals surface area (Å²) in [5.41, 5.74) is 5.89. The summed E-state index contributed by atoms with van der Waals surface area (Å²) in [7, 11) is -1.83. The van der Waals surface area contributed by atoms with Crippen LogP contribution >= 0.6 is 0 Å². The number of benzene rings is 1. The van der Waals surface area contributed by atoms with Crippen LogP contribution in [0.5, 0.6) is 5.75 Å². The van der Waals surface area contributed by atoms with E-state index < -0.39 is 8.32 Å². The molecule has 0 atom stereocenters. The Morgan fingerprint density at radius 3 is 1.40 bits per heavy atom. The molecule has 0 heterocycles. The molecule has 1 aromatic rings. The minimum absolute atomic E-state index is 0.615. The van der Waals surface area contributed by atoms with Gasteiger partial charge in [-0.15, -0.1) is 0 Å². The van der Waals surface area contributed by atoms with Crippen LogP contribution in [0.3, 0.4) is 0 Å². The minimum atomic E-state index is -1.83. The lowest BCUT2D eigenvalue weighted by molar-refractivity contribution is 0.479. The van der Waals surface area contributed by atoms with E-state index in [0.29, 0.717) is 16.6 Å². The van der Waals surface area contributed by atoms with E-state index in [1.165, 1.54) is 16.7 Å². The zero-order valence-electron chi connectivity index (χ0n) is 14.8. The molecular weight excluding hydrogens is 260 g/mol. The Hall–Kier alpha value is -0.763. The molecule has 0 aliphatic rings. The Labute approximate surface area is 126 Å². The molecule has 0 aliphatic carbocycles. The first-order valence-electron chi connectivity index (χ1n) is 7.89. The maximum atomic E-state index is 6.74. The van der Waals surface area contributed by atoms with Crippen molar-refractivity contribution in [2.75, 3.05) is 0 Å². The molecule has 114 valence electrons. The molecule has 0 amide bonds. The fourth-order valence-corrected chi connectivity index (χ4v) is 8.85. The summed E-state index contributed by atoms with van der Waals surface area (Å²) in [6, 6.07) is 4.44. The zero-order chi connectivity index (χ0) is 15.7. The van der Waals surface area contributed by atoms with Crippen LogP contribution in [-0.2, 0) is 0 Å². The van der Waals surface area contributed by atoms with E-state index in [1.807, 2.05) is 0 Å². The van der Waals surface area contributed by atoms with Crippen molar-refractivity contribution >= 4 is 8.32 Å². The Balaban J connectivity index is 3.27. The van der Waals surface area contributed by atoms with Crippen LogP contribution in [0.2, 0.25) is 16.6 Å². The Bertz CT molecular complexity index is 416. The SMILES string of the molecule is Cc1cc(O[Si](C(C)C)(C(C)C)C(C)C)cc(C)c1C. The van der Waals surface area contributed by atoms with Crippen LogP contribution in [0.15, 0.2) is 12.1 Å². The zero-order valence-corrected chi connectivity index (χ0v) is 15.8. The molecule has 0 radical (unpaired) electrons. The van der Waals surface area contributed by atoms with Crippen molar-refractivity contribution in [1.82, 2.24) is 0 Å². The lowest BCUT2D eigenvalue weighted by Gasteiger charge is -2.42. The van der Waals surface area contributed by atoms with Crippen LogP contribution in [0.25, 0.3) is 0 Å². The number of hydrogen-bond acceptors (Lipinski definition) is 1. The predicted octanol–water partition coefficient (Wildman–Crippen LogP) is 6.17. The summed E-state index contributed by atoms with van der Waals surface area (Å²) in [5.74, 6) is 1.08. The van der Waals surface area contributed by atoms with Gasteiger partial charge in [0.2, 0.25) is 0 Å². The van der Waals surface area contributed by atoms with Gasteiger partial charge in [0.25, 0.3) is 8.32 Å². The average molecular weight is 293 g/mol. The normalized spacial score (nSPS) is 12.6. The van der Waals surface area contributed by atoms with Gasteiger partial charge in [0.05, 0.1) is 0 Å². The van der Waals surface area contributed by atoms with E-state index in [0.717, 1.165) is 5.75 Å². The van der Waals surface area contributed by atoms with Crippen molar-refractivity contribution in [2.24, 2.45) is 0 Å². The van der Waals surface area contributed by atoms with E-state index in [-0.39, 0.29) is 0 Å². The molecule has 0 saturated heterocycles. The predicted molar refractivity (Wildman–Crippen MR) is 92.3 cm³/mol. The molecule has 0 spiro atoms. The molecule has 0 aromatic heterocycles. The van der Waals surface area contributed by atoms with Gasteiger partial charge < -0.3 is 4.43 Å². The molecular formula is C18H32OSi. The van der Waals surface area contributed by atoms with Crippen LogP contribution < -0.4 is 4.43 Å². The third-order valence-electron chi connectivity index (χ3n) is 4.90. The Morgan fingerprint density at radius 1 is 0.750 bits per heavy atom. The highest BCUT2D eigenvalue weighted by Crippen LogP contribution is 2.43. The molecule has 1 nitrogen and oxygen atoms in total. The van der Waals surface area contributed by atoms with Crippen molar-refractivity contribution in [3.05, 3.63) is 28.8 Å². The smallest absolute Gasteiger partial charge is 0.258 e. The van der Waals surface area contributed by atoms with Crippen LogP contribution in [-0.4, -0.2) is 8.32 Å². The lowest BCUT2D eigenvalue weighted by Crippen LogP contribution is -2.50. The first-order chi connectivity index (χ1) is 9.12. The molecule has 1 rings (SSSR count). The summed E-state index contributed by atoms with van der Waals surface area (Å²) in [5, 5.41) is 0. The summed E-state index contributed by atoms with van der Waals surface area (Å²) >= 11 is 0. The third kappa shape index (κ3) is 3.11. The third-order valence-corrected chi connectivity index (χ3v) is 10.9. The molecule has 0 aliphatic heterocycles. The van der Waals surface area contributed by atoms with Gasteiger partial charge in [0.15, 0.2) is 0 Å². The molecule has 0 saturated carbocycles.